The van der Waals surface area contributed by atoms with Crippen LogP contribution in [0.1, 0.15) is 65.7 Å². The first-order valence-corrected chi connectivity index (χ1v) is 9.39. The normalized spacial score (nSPS) is 57.6. The van der Waals surface area contributed by atoms with Crippen molar-refractivity contribution in [3.63, 3.8) is 0 Å². The number of hydrogen-bond donors (Lipinski definition) is 1. The van der Waals surface area contributed by atoms with Gasteiger partial charge in [0.05, 0.1) is 6.10 Å². The van der Waals surface area contributed by atoms with Gasteiger partial charge in [-0.2, -0.15) is 0 Å². The van der Waals surface area contributed by atoms with Gasteiger partial charge >= 0.3 is 0 Å². The van der Waals surface area contributed by atoms with Crippen LogP contribution in [0.25, 0.3) is 0 Å². The summed E-state index contributed by atoms with van der Waals surface area (Å²) in [6.45, 7) is 6.78. The Morgan fingerprint density at radius 3 is 2.73 bits per heavy atom. The summed E-state index contributed by atoms with van der Waals surface area (Å²) >= 11 is 0. The van der Waals surface area contributed by atoms with Crippen LogP contribution in [0, 0.1) is 34.5 Å². The first kappa shape index (κ1) is 15.2. The molecule has 0 heterocycles. The van der Waals surface area contributed by atoms with E-state index in [1.54, 1.807) is 0 Å². The predicted molar refractivity (Wildman–Crippen MR) is 87.2 cm³/mol. The zero-order valence-corrected chi connectivity index (χ0v) is 14.3. The second-order valence-electron chi connectivity index (χ2n) is 9.27. The Morgan fingerprint density at radius 2 is 1.95 bits per heavy atom. The number of aliphatic hydroxyl groups excluding tert-OH is 1. The van der Waals surface area contributed by atoms with E-state index in [0.29, 0.717) is 23.7 Å². The van der Waals surface area contributed by atoms with E-state index in [1.807, 2.05) is 0 Å². The van der Waals surface area contributed by atoms with Crippen LogP contribution >= 0.6 is 0 Å². The maximum atomic E-state index is 14.5. The molecule has 1 nitrogen and oxygen atoms in total. The van der Waals surface area contributed by atoms with Gasteiger partial charge in [0.25, 0.3) is 0 Å². The van der Waals surface area contributed by atoms with Gasteiger partial charge in [-0.05, 0) is 68.6 Å². The van der Waals surface area contributed by atoms with Crippen LogP contribution in [0.5, 0.6) is 0 Å². The monoisotopic (exact) mass is 306 g/mol. The molecule has 8 atom stereocenters. The van der Waals surface area contributed by atoms with E-state index in [4.69, 9.17) is 0 Å². The highest BCUT2D eigenvalue weighted by Crippen LogP contribution is 2.65. The van der Waals surface area contributed by atoms with Gasteiger partial charge in [-0.3, -0.25) is 0 Å². The van der Waals surface area contributed by atoms with Crippen molar-refractivity contribution < 1.29 is 9.50 Å². The molecule has 0 aromatic rings. The SMILES string of the molecule is CC1CC2=CC[C@@H]3[C@@H](CC[C@]4(C)C(F)CC[C@@H]34)[C@@]2(C)C(O)C1. The molecule has 0 aliphatic heterocycles. The summed E-state index contributed by atoms with van der Waals surface area (Å²) in [4.78, 5) is 0. The van der Waals surface area contributed by atoms with Gasteiger partial charge in [-0.25, -0.2) is 4.39 Å². The van der Waals surface area contributed by atoms with Crippen LogP contribution in [0.15, 0.2) is 11.6 Å². The zero-order chi connectivity index (χ0) is 15.7. The highest BCUT2D eigenvalue weighted by Gasteiger charge is 2.60. The maximum Gasteiger partial charge on any atom is 0.106 e. The van der Waals surface area contributed by atoms with Crippen molar-refractivity contribution >= 4 is 0 Å². The van der Waals surface area contributed by atoms with Gasteiger partial charge in [0.2, 0.25) is 0 Å². The lowest BCUT2D eigenvalue weighted by Crippen LogP contribution is -2.54. The molecule has 1 N–H and O–H groups in total. The molecule has 0 aromatic carbocycles. The molecular weight excluding hydrogens is 275 g/mol. The molecule has 3 unspecified atom stereocenters. The smallest absolute Gasteiger partial charge is 0.106 e. The Balaban J connectivity index is 1.71. The minimum atomic E-state index is -0.604. The van der Waals surface area contributed by atoms with Gasteiger partial charge < -0.3 is 5.11 Å². The third kappa shape index (κ3) is 1.79. The Bertz CT molecular complexity index is 500. The Morgan fingerprint density at radius 1 is 1.18 bits per heavy atom. The number of halogens is 1. The lowest BCUT2D eigenvalue weighted by molar-refractivity contribution is -0.0967. The van der Waals surface area contributed by atoms with E-state index in [0.717, 1.165) is 44.9 Å². The van der Waals surface area contributed by atoms with Crippen molar-refractivity contribution in [1.82, 2.24) is 0 Å². The second-order valence-corrected chi connectivity index (χ2v) is 9.27. The molecule has 124 valence electrons. The minimum Gasteiger partial charge on any atom is -0.392 e. The average Bonchev–Trinajstić information content (AvgIpc) is 2.77. The molecule has 0 saturated heterocycles. The maximum absolute atomic E-state index is 14.5. The molecular formula is C20H31FO. The van der Waals surface area contributed by atoms with Crippen molar-refractivity contribution in [3.05, 3.63) is 11.6 Å². The van der Waals surface area contributed by atoms with Crippen molar-refractivity contribution in [2.75, 3.05) is 0 Å². The largest absolute Gasteiger partial charge is 0.392 e. The Labute approximate surface area is 134 Å². The summed E-state index contributed by atoms with van der Waals surface area (Å²) < 4.78 is 14.5. The third-order valence-electron chi connectivity index (χ3n) is 8.31. The van der Waals surface area contributed by atoms with Crippen molar-refractivity contribution in [2.45, 2.75) is 78.0 Å². The quantitative estimate of drug-likeness (QED) is 0.631. The molecule has 4 aliphatic rings. The van der Waals surface area contributed by atoms with Crippen LogP contribution in [0.4, 0.5) is 4.39 Å². The van der Waals surface area contributed by atoms with E-state index in [9.17, 15) is 9.50 Å². The van der Waals surface area contributed by atoms with Crippen LogP contribution < -0.4 is 0 Å². The second kappa shape index (κ2) is 4.82. The highest BCUT2D eigenvalue weighted by molar-refractivity contribution is 5.27. The van der Waals surface area contributed by atoms with E-state index in [2.05, 4.69) is 26.8 Å². The van der Waals surface area contributed by atoms with Gasteiger partial charge in [-0.1, -0.05) is 32.4 Å². The molecule has 0 amide bonds. The van der Waals surface area contributed by atoms with E-state index < -0.39 is 6.17 Å². The van der Waals surface area contributed by atoms with Crippen LogP contribution in [0.2, 0.25) is 0 Å². The number of hydrogen-bond acceptors (Lipinski definition) is 1. The molecule has 4 rings (SSSR count). The van der Waals surface area contributed by atoms with Gasteiger partial charge in [-0.15, -0.1) is 0 Å². The highest BCUT2D eigenvalue weighted by atomic mass is 19.1. The minimum absolute atomic E-state index is 0.0366. The van der Waals surface area contributed by atoms with Gasteiger partial charge in [0.1, 0.15) is 6.17 Å². The van der Waals surface area contributed by atoms with Crippen LogP contribution in [0.3, 0.4) is 0 Å². The molecule has 3 saturated carbocycles. The summed E-state index contributed by atoms with van der Waals surface area (Å²) in [6.07, 6.45) is 8.80. The molecule has 0 aromatic heterocycles. The first-order chi connectivity index (χ1) is 10.4. The number of allylic oxidation sites excluding steroid dienone is 1. The molecule has 4 aliphatic carbocycles. The Hall–Kier alpha value is -0.370. The lowest BCUT2D eigenvalue weighted by Gasteiger charge is -2.59. The molecule has 0 spiro atoms. The topological polar surface area (TPSA) is 20.2 Å². The van der Waals surface area contributed by atoms with Crippen LogP contribution in [-0.2, 0) is 0 Å². The molecule has 22 heavy (non-hydrogen) atoms. The van der Waals surface area contributed by atoms with Gasteiger partial charge in [0.15, 0.2) is 0 Å². The third-order valence-corrected chi connectivity index (χ3v) is 8.31. The fourth-order valence-corrected chi connectivity index (χ4v) is 6.88. The van der Waals surface area contributed by atoms with Crippen molar-refractivity contribution in [3.8, 4) is 0 Å². The fraction of sp³-hybridized carbons (Fsp3) is 0.900. The lowest BCUT2D eigenvalue weighted by atomic mass is 9.47. The van der Waals surface area contributed by atoms with E-state index in [1.165, 1.54) is 5.57 Å². The van der Waals surface area contributed by atoms with Crippen molar-refractivity contribution in [1.29, 1.82) is 0 Å². The van der Waals surface area contributed by atoms with E-state index in [-0.39, 0.29) is 16.9 Å². The predicted octanol–water partition coefficient (Wildman–Crippen LogP) is 4.89. The molecule has 0 bridgehead atoms. The standard InChI is InChI=1S/C20H31FO/c1-12-10-13-4-5-14-15-6-7-17(21)19(15,2)9-8-16(14)20(13,3)18(22)11-12/h4,12,14-18,22H,5-11H2,1-3H3/t12?,14-,15-,16+,17?,18?,19-,20-/m0/s1. The summed E-state index contributed by atoms with van der Waals surface area (Å²) in [5, 5.41) is 10.9. The summed E-state index contributed by atoms with van der Waals surface area (Å²) in [5.74, 6) is 2.29. The molecule has 3 fully saturated rings. The number of aliphatic hydroxyl groups is 1. The Kier molecular flexibility index (Phi) is 3.32. The van der Waals surface area contributed by atoms with E-state index >= 15 is 0 Å². The van der Waals surface area contributed by atoms with Crippen molar-refractivity contribution in [2.24, 2.45) is 34.5 Å². The fourth-order valence-electron chi connectivity index (χ4n) is 6.88. The number of alkyl halides is 1. The summed E-state index contributed by atoms with van der Waals surface area (Å²) in [7, 11) is 0. The summed E-state index contributed by atoms with van der Waals surface area (Å²) in [6, 6.07) is 0. The van der Waals surface area contributed by atoms with Crippen LogP contribution in [-0.4, -0.2) is 17.4 Å². The zero-order valence-electron chi connectivity index (χ0n) is 14.3. The van der Waals surface area contributed by atoms with Gasteiger partial charge in [0, 0.05) is 10.8 Å². The number of fused-ring (bicyclic) bond motifs is 5. The summed E-state index contributed by atoms with van der Waals surface area (Å²) in [5.41, 5.74) is 1.39. The molecule has 0 radical (unpaired) electrons. The number of rotatable bonds is 0. The molecule has 2 heteroatoms. The first-order valence-electron chi connectivity index (χ1n) is 9.39. The average molecular weight is 306 g/mol.